The number of β-amino-alcohol motifs (C(OH)–C–C–N with tert-alkyl or cyclic N) is 2. The topological polar surface area (TPSA) is 65.4 Å². The smallest absolute Gasteiger partial charge is 0.0997 e. The highest BCUT2D eigenvalue weighted by atomic mass is 16.6. The van der Waals surface area contributed by atoms with E-state index in [0.29, 0.717) is 26.6 Å². The molecule has 94 valence electrons. The molecule has 6 nitrogen and oxygen atoms in total. The largest absolute Gasteiger partial charge is 0.395 e. The van der Waals surface area contributed by atoms with Crippen molar-refractivity contribution in [2.75, 3.05) is 52.9 Å². The van der Waals surface area contributed by atoms with Gasteiger partial charge in [-0.3, -0.25) is 9.80 Å². The van der Waals surface area contributed by atoms with Crippen molar-refractivity contribution in [3.05, 3.63) is 0 Å². The van der Waals surface area contributed by atoms with Gasteiger partial charge in [0.05, 0.1) is 38.9 Å². The molecule has 2 saturated heterocycles. The lowest BCUT2D eigenvalue weighted by Crippen LogP contribution is -2.58. The summed E-state index contributed by atoms with van der Waals surface area (Å²) in [6.45, 7) is 4.31. The molecule has 2 rings (SSSR count). The zero-order valence-electron chi connectivity index (χ0n) is 9.42. The Balaban J connectivity index is 1.80. The number of fused-ring (bicyclic) bond motifs is 1. The van der Waals surface area contributed by atoms with Crippen LogP contribution in [0.1, 0.15) is 0 Å². The maximum absolute atomic E-state index is 8.85. The lowest BCUT2D eigenvalue weighted by atomic mass is 10.1. The summed E-state index contributed by atoms with van der Waals surface area (Å²) < 4.78 is 11.4. The fourth-order valence-corrected chi connectivity index (χ4v) is 2.17. The zero-order valence-corrected chi connectivity index (χ0v) is 9.42. The van der Waals surface area contributed by atoms with E-state index in [1.807, 2.05) is 9.80 Å². The molecule has 2 atom stereocenters. The van der Waals surface area contributed by atoms with Crippen LogP contribution in [-0.4, -0.2) is 85.1 Å². The summed E-state index contributed by atoms with van der Waals surface area (Å²) in [6, 6.07) is 0. The first kappa shape index (κ1) is 12.2. The van der Waals surface area contributed by atoms with Gasteiger partial charge in [-0.2, -0.15) is 0 Å². The van der Waals surface area contributed by atoms with E-state index in [1.54, 1.807) is 0 Å². The Kier molecular flexibility index (Phi) is 4.51. The van der Waals surface area contributed by atoms with Gasteiger partial charge in [0.15, 0.2) is 0 Å². The van der Waals surface area contributed by atoms with E-state index in [9.17, 15) is 0 Å². The van der Waals surface area contributed by atoms with E-state index >= 15 is 0 Å². The van der Waals surface area contributed by atoms with Crippen molar-refractivity contribution < 1.29 is 19.7 Å². The average Bonchev–Trinajstić information content (AvgIpc) is 2.30. The van der Waals surface area contributed by atoms with Gasteiger partial charge in [-0.25, -0.2) is 0 Å². The second-order valence-electron chi connectivity index (χ2n) is 4.27. The van der Waals surface area contributed by atoms with E-state index in [1.165, 1.54) is 0 Å². The summed E-state index contributed by atoms with van der Waals surface area (Å²) in [4.78, 5) is 4.09. The molecule has 0 bridgehead atoms. The number of rotatable bonds is 4. The number of ether oxygens (including phenoxy) is 2. The summed E-state index contributed by atoms with van der Waals surface area (Å²) in [5.74, 6) is 0. The Morgan fingerprint density at radius 3 is 1.69 bits per heavy atom. The molecule has 2 N–H and O–H groups in total. The summed E-state index contributed by atoms with van der Waals surface area (Å²) in [5, 5.41) is 17.7. The zero-order chi connectivity index (χ0) is 11.4. The number of nitrogens with zero attached hydrogens (tertiary/aromatic N) is 2. The van der Waals surface area contributed by atoms with Gasteiger partial charge in [-0.05, 0) is 0 Å². The summed E-state index contributed by atoms with van der Waals surface area (Å²) >= 11 is 0. The molecule has 0 spiro atoms. The van der Waals surface area contributed by atoms with E-state index in [2.05, 4.69) is 0 Å². The van der Waals surface area contributed by atoms with Crippen molar-refractivity contribution in [2.24, 2.45) is 0 Å². The molecule has 0 radical (unpaired) electrons. The van der Waals surface area contributed by atoms with Gasteiger partial charge in [0.25, 0.3) is 0 Å². The maximum atomic E-state index is 8.85. The van der Waals surface area contributed by atoms with Crippen LogP contribution in [0.3, 0.4) is 0 Å². The Labute approximate surface area is 95.3 Å². The fourth-order valence-electron chi connectivity index (χ4n) is 2.17. The Morgan fingerprint density at radius 2 is 1.31 bits per heavy atom. The van der Waals surface area contributed by atoms with Crippen molar-refractivity contribution in [3.8, 4) is 0 Å². The van der Waals surface area contributed by atoms with Crippen molar-refractivity contribution in [2.45, 2.75) is 12.2 Å². The highest BCUT2D eigenvalue weighted by Gasteiger charge is 2.35. The number of hydrogen-bond donors (Lipinski definition) is 2. The van der Waals surface area contributed by atoms with Crippen LogP contribution in [-0.2, 0) is 9.47 Å². The monoisotopic (exact) mass is 232 g/mol. The molecular weight excluding hydrogens is 212 g/mol. The molecule has 0 unspecified atom stereocenters. The van der Waals surface area contributed by atoms with Crippen molar-refractivity contribution in [1.29, 1.82) is 0 Å². The first-order valence-corrected chi connectivity index (χ1v) is 5.73. The highest BCUT2D eigenvalue weighted by molar-refractivity contribution is 4.83. The predicted molar refractivity (Wildman–Crippen MR) is 56.8 cm³/mol. The molecule has 0 aliphatic carbocycles. The maximum Gasteiger partial charge on any atom is 0.0997 e. The molecule has 16 heavy (non-hydrogen) atoms. The lowest BCUT2D eigenvalue weighted by Gasteiger charge is -2.44. The molecule has 0 aromatic rings. The SMILES string of the molecule is OCCN1CO[C@@H]2CN(CCO)CO[C@@H]2C1. The summed E-state index contributed by atoms with van der Waals surface area (Å²) in [5.41, 5.74) is 0. The third-order valence-electron chi connectivity index (χ3n) is 3.07. The molecule has 0 saturated carbocycles. The van der Waals surface area contributed by atoms with Gasteiger partial charge in [0, 0.05) is 26.2 Å². The van der Waals surface area contributed by atoms with E-state index < -0.39 is 0 Å². The Hall–Kier alpha value is -0.240. The molecule has 2 aliphatic heterocycles. The first-order valence-electron chi connectivity index (χ1n) is 5.73. The normalized spacial score (nSPS) is 32.6. The average molecular weight is 232 g/mol. The minimum absolute atomic E-state index is 0.0928. The standard InChI is InChI=1S/C10H20N2O4/c13-3-1-11-5-9-10(15-7-11)6-12(2-4-14)8-16-9/h9-10,13-14H,1-8H2/t9-,10-/m1/s1. The van der Waals surface area contributed by atoms with Gasteiger partial charge >= 0.3 is 0 Å². The van der Waals surface area contributed by atoms with Gasteiger partial charge in [0.1, 0.15) is 0 Å². The Bertz CT molecular complexity index is 195. The quantitative estimate of drug-likeness (QED) is 0.601. The molecular formula is C10H20N2O4. The Morgan fingerprint density at radius 1 is 0.875 bits per heavy atom. The van der Waals surface area contributed by atoms with Crippen LogP contribution in [0.15, 0.2) is 0 Å². The van der Waals surface area contributed by atoms with Gasteiger partial charge in [-0.15, -0.1) is 0 Å². The molecule has 6 heteroatoms. The third-order valence-corrected chi connectivity index (χ3v) is 3.07. The third kappa shape index (κ3) is 2.91. The van der Waals surface area contributed by atoms with Crippen LogP contribution in [0.25, 0.3) is 0 Å². The second-order valence-corrected chi connectivity index (χ2v) is 4.27. The van der Waals surface area contributed by atoms with Crippen LogP contribution in [0, 0.1) is 0 Å². The lowest BCUT2D eigenvalue weighted by molar-refractivity contribution is -0.209. The first-order chi connectivity index (χ1) is 7.83. The van der Waals surface area contributed by atoms with Crippen molar-refractivity contribution in [3.63, 3.8) is 0 Å². The van der Waals surface area contributed by atoms with Gasteiger partial charge < -0.3 is 19.7 Å². The minimum Gasteiger partial charge on any atom is -0.395 e. The molecule has 2 heterocycles. The molecule has 2 fully saturated rings. The van der Waals surface area contributed by atoms with Gasteiger partial charge in [-0.1, -0.05) is 0 Å². The highest BCUT2D eigenvalue weighted by Crippen LogP contribution is 2.19. The van der Waals surface area contributed by atoms with Crippen LogP contribution < -0.4 is 0 Å². The number of aliphatic hydroxyl groups excluding tert-OH is 2. The molecule has 2 aliphatic rings. The number of aliphatic hydroxyl groups is 2. The molecule has 0 aromatic carbocycles. The van der Waals surface area contributed by atoms with E-state index in [4.69, 9.17) is 19.7 Å². The van der Waals surface area contributed by atoms with E-state index in [-0.39, 0.29) is 25.4 Å². The van der Waals surface area contributed by atoms with Crippen molar-refractivity contribution >= 4 is 0 Å². The van der Waals surface area contributed by atoms with Crippen LogP contribution in [0.2, 0.25) is 0 Å². The molecule has 0 aromatic heterocycles. The van der Waals surface area contributed by atoms with Gasteiger partial charge in [0.2, 0.25) is 0 Å². The van der Waals surface area contributed by atoms with Crippen LogP contribution in [0.5, 0.6) is 0 Å². The minimum atomic E-state index is 0.0928. The van der Waals surface area contributed by atoms with Crippen LogP contribution in [0.4, 0.5) is 0 Å². The molecule has 0 amide bonds. The van der Waals surface area contributed by atoms with E-state index in [0.717, 1.165) is 13.1 Å². The fraction of sp³-hybridized carbons (Fsp3) is 1.00. The summed E-state index contributed by atoms with van der Waals surface area (Å²) in [7, 11) is 0. The summed E-state index contributed by atoms with van der Waals surface area (Å²) in [6.07, 6.45) is 0.186. The van der Waals surface area contributed by atoms with Crippen molar-refractivity contribution in [1.82, 2.24) is 9.80 Å². The second kappa shape index (κ2) is 5.90. The predicted octanol–water partition coefficient (Wildman–Crippen LogP) is -1.71. The van der Waals surface area contributed by atoms with Crippen LogP contribution >= 0.6 is 0 Å². The number of hydrogen-bond acceptors (Lipinski definition) is 6.